The number of rotatable bonds is 13. The monoisotopic (exact) mass is 497 g/mol. The summed E-state index contributed by atoms with van der Waals surface area (Å²) >= 11 is 1.92. The van der Waals surface area contributed by atoms with Gasteiger partial charge in [0.25, 0.3) is 0 Å². The van der Waals surface area contributed by atoms with Gasteiger partial charge in [-0.1, -0.05) is 18.9 Å². The maximum absolute atomic E-state index is 12.0. The Kier molecular flexibility index (Phi) is 8.57. The molecule has 33 heavy (non-hydrogen) atoms. The van der Waals surface area contributed by atoms with Crippen LogP contribution in [0.15, 0.2) is 27.4 Å². The number of oxazole rings is 1. The normalized spacial score (nSPS) is 22.9. The van der Waals surface area contributed by atoms with Gasteiger partial charge >= 0.3 is 20.0 Å². The zero-order valence-electron chi connectivity index (χ0n) is 18.8. The minimum Gasteiger partial charge on any atom is -0.408 e. The molecule has 1 aromatic carbocycles. The minimum atomic E-state index is -2.49. The number of nitrogens with one attached hydrogen (secondary N) is 2. The van der Waals surface area contributed by atoms with Crippen molar-refractivity contribution in [2.75, 3.05) is 19.0 Å². The lowest BCUT2D eigenvalue weighted by molar-refractivity contribution is 0.217. The van der Waals surface area contributed by atoms with Crippen LogP contribution in [0.4, 0.5) is 4.79 Å². The van der Waals surface area contributed by atoms with Crippen molar-refractivity contribution in [3.05, 3.63) is 34.3 Å². The van der Waals surface area contributed by atoms with Crippen molar-refractivity contribution in [3.8, 4) is 0 Å². The van der Waals surface area contributed by atoms with Crippen LogP contribution in [0.25, 0.3) is 11.1 Å². The topological polar surface area (TPSA) is 112 Å². The molecule has 1 unspecified atom stereocenters. The number of benzene rings is 1. The molecule has 2 N–H and O–H groups in total. The number of thioether (sulfide) groups is 1. The fraction of sp³-hybridized carbons (Fsp3) is 0.636. The first-order valence-electron chi connectivity index (χ1n) is 11.6. The molecule has 11 heteroatoms. The summed E-state index contributed by atoms with van der Waals surface area (Å²) in [4.78, 5) is 23.4. The van der Waals surface area contributed by atoms with E-state index in [2.05, 4.69) is 10.6 Å². The number of fused-ring (bicyclic) bond motifs is 2. The van der Waals surface area contributed by atoms with Crippen molar-refractivity contribution in [3.63, 3.8) is 0 Å². The van der Waals surface area contributed by atoms with Gasteiger partial charge in [0.1, 0.15) is 0 Å². The van der Waals surface area contributed by atoms with Gasteiger partial charge in [-0.2, -0.15) is 11.8 Å². The van der Waals surface area contributed by atoms with Gasteiger partial charge in [0.15, 0.2) is 5.58 Å². The number of unbranched alkanes of at least 4 members (excludes halogenated alkanes) is 3. The smallest absolute Gasteiger partial charge is 0.408 e. The second kappa shape index (κ2) is 11.6. The number of carbonyl (C=O) groups excluding carboxylic acids is 1. The van der Waals surface area contributed by atoms with Crippen LogP contribution in [0.2, 0.25) is 0 Å². The van der Waals surface area contributed by atoms with Gasteiger partial charge in [0.05, 0.1) is 30.8 Å². The Hall–Kier alpha value is -1.74. The Bertz CT molecular complexity index is 1040. The standard InChI is InChI=1S/C22H32N3O6PS/c1-15-8-9-18-17(13-15)25(22(27)31-18)10-4-6-12-30-32(28)29-11-5-2-3-7-19-20-16(14-33-19)23-21(26)24-20/h8-9,13,16,19-20,32H,2-7,10-12,14H2,1H3,(H2,23,24,26)/t16-,19-,20-/m0/s1. The molecule has 0 spiro atoms. The fourth-order valence-electron chi connectivity index (χ4n) is 4.38. The lowest BCUT2D eigenvalue weighted by Crippen LogP contribution is -2.36. The highest BCUT2D eigenvalue weighted by Gasteiger charge is 2.42. The molecule has 182 valence electrons. The fourth-order valence-corrected chi connectivity index (χ4v) is 6.62. The van der Waals surface area contributed by atoms with Crippen LogP contribution in [-0.2, 0) is 20.2 Å². The molecule has 0 aliphatic carbocycles. The van der Waals surface area contributed by atoms with Gasteiger partial charge < -0.3 is 24.1 Å². The van der Waals surface area contributed by atoms with Gasteiger partial charge in [-0.05, 0) is 50.3 Å². The van der Waals surface area contributed by atoms with Crippen molar-refractivity contribution in [2.24, 2.45) is 0 Å². The average Bonchev–Trinajstić information content (AvgIpc) is 3.43. The van der Waals surface area contributed by atoms with E-state index in [4.69, 9.17) is 13.5 Å². The van der Waals surface area contributed by atoms with Crippen molar-refractivity contribution in [1.29, 1.82) is 0 Å². The Morgan fingerprint density at radius 1 is 1.12 bits per heavy atom. The summed E-state index contributed by atoms with van der Waals surface area (Å²) in [6, 6.07) is 6.13. The van der Waals surface area contributed by atoms with Gasteiger partial charge in [0, 0.05) is 17.5 Å². The second-order valence-electron chi connectivity index (χ2n) is 8.62. The first-order chi connectivity index (χ1) is 16.0. The Morgan fingerprint density at radius 3 is 2.73 bits per heavy atom. The Balaban J connectivity index is 1.03. The van der Waals surface area contributed by atoms with E-state index in [1.807, 2.05) is 36.9 Å². The molecular weight excluding hydrogens is 465 g/mol. The molecule has 2 saturated heterocycles. The van der Waals surface area contributed by atoms with E-state index in [-0.39, 0.29) is 23.9 Å². The summed E-state index contributed by atoms with van der Waals surface area (Å²) in [6.45, 7) is 3.27. The predicted octanol–water partition coefficient (Wildman–Crippen LogP) is 3.83. The van der Waals surface area contributed by atoms with Crippen LogP contribution >= 0.6 is 20.0 Å². The average molecular weight is 498 g/mol. The number of aryl methyl sites for hydroxylation is 2. The van der Waals surface area contributed by atoms with Crippen molar-refractivity contribution in [2.45, 2.75) is 69.3 Å². The summed E-state index contributed by atoms with van der Waals surface area (Å²) in [7, 11) is -2.49. The van der Waals surface area contributed by atoms with Crippen LogP contribution in [-0.4, -0.2) is 46.9 Å². The molecule has 9 nitrogen and oxygen atoms in total. The lowest BCUT2D eigenvalue weighted by atomic mass is 10.0. The molecule has 1 aromatic heterocycles. The quantitative estimate of drug-likeness (QED) is 0.246. The molecule has 3 heterocycles. The molecule has 4 atom stereocenters. The number of carbonyl (C=O) groups is 1. The molecule has 2 aliphatic heterocycles. The summed E-state index contributed by atoms with van der Waals surface area (Å²) in [5, 5.41) is 6.44. The van der Waals surface area contributed by atoms with Gasteiger partial charge in [0.2, 0.25) is 0 Å². The summed E-state index contributed by atoms with van der Waals surface area (Å²) in [5.74, 6) is 0.621. The lowest BCUT2D eigenvalue weighted by Gasteiger charge is -2.16. The zero-order valence-corrected chi connectivity index (χ0v) is 20.7. The van der Waals surface area contributed by atoms with Crippen molar-refractivity contribution >= 4 is 37.1 Å². The second-order valence-corrected chi connectivity index (χ2v) is 11.0. The van der Waals surface area contributed by atoms with E-state index >= 15 is 0 Å². The van der Waals surface area contributed by atoms with E-state index in [1.54, 1.807) is 4.57 Å². The molecule has 2 fully saturated rings. The third-order valence-electron chi connectivity index (χ3n) is 6.11. The Morgan fingerprint density at radius 2 is 1.91 bits per heavy atom. The van der Waals surface area contributed by atoms with Crippen LogP contribution in [0.3, 0.4) is 0 Å². The SMILES string of the molecule is Cc1ccc2oc(=O)n(CCCCO[PH](=O)OCCCCC[C@@H]3SC[C@@H]4NC(=O)N[C@@H]43)c2c1. The van der Waals surface area contributed by atoms with Crippen LogP contribution in [0, 0.1) is 6.92 Å². The third-order valence-corrected chi connectivity index (χ3v) is 8.50. The minimum absolute atomic E-state index is 0.0483. The number of hydrogen-bond donors (Lipinski definition) is 2. The van der Waals surface area contributed by atoms with Crippen LogP contribution in [0.1, 0.15) is 44.1 Å². The van der Waals surface area contributed by atoms with Crippen LogP contribution in [0.5, 0.6) is 0 Å². The molecule has 0 bridgehead atoms. The number of nitrogens with zero attached hydrogens (tertiary/aromatic N) is 1. The molecule has 2 aromatic rings. The van der Waals surface area contributed by atoms with Gasteiger partial charge in [-0.15, -0.1) is 0 Å². The predicted molar refractivity (Wildman–Crippen MR) is 129 cm³/mol. The van der Waals surface area contributed by atoms with Crippen molar-refractivity contribution in [1.82, 2.24) is 15.2 Å². The van der Waals surface area contributed by atoms with Crippen molar-refractivity contribution < 1.29 is 22.8 Å². The Labute approximate surface area is 197 Å². The van der Waals surface area contributed by atoms with E-state index in [9.17, 15) is 14.2 Å². The molecule has 4 rings (SSSR count). The van der Waals surface area contributed by atoms with E-state index in [0.29, 0.717) is 43.4 Å². The molecular formula is C22H32N3O6PS. The maximum atomic E-state index is 12.0. The number of urea groups is 1. The van der Waals surface area contributed by atoms with E-state index < -0.39 is 8.25 Å². The van der Waals surface area contributed by atoms with E-state index in [1.165, 1.54) is 0 Å². The number of aromatic nitrogens is 1. The first-order valence-corrected chi connectivity index (χ1v) is 13.9. The molecule has 2 aliphatic rings. The van der Waals surface area contributed by atoms with Crippen LogP contribution < -0.4 is 16.4 Å². The highest BCUT2D eigenvalue weighted by atomic mass is 32.2. The number of hydrogen-bond acceptors (Lipinski definition) is 7. The molecule has 0 radical (unpaired) electrons. The third kappa shape index (κ3) is 6.44. The molecule has 0 saturated carbocycles. The highest BCUT2D eigenvalue weighted by molar-refractivity contribution is 8.00. The summed E-state index contributed by atoms with van der Waals surface area (Å²) < 4.78 is 29.4. The van der Waals surface area contributed by atoms with E-state index in [0.717, 1.165) is 42.5 Å². The highest BCUT2D eigenvalue weighted by Crippen LogP contribution is 2.33. The maximum Gasteiger partial charge on any atom is 0.419 e. The van der Waals surface area contributed by atoms with Gasteiger partial charge in [-0.3, -0.25) is 9.13 Å². The summed E-state index contributed by atoms with van der Waals surface area (Å²) in [5.41, 5.74) is 2.46. The molecule has 2 amide bonds. The zero-order chi connectivity index (χ0) is 23.2. The van der Waals surface area contributed by atoms with Gasteiger partial charge in [-0.25, -0.2) is 9.59 Å². The first kappa shape index (κ1) is 24.4. The largest absolute Gasteiger partial charge is 0.419 e. The summed E-state index contributed by atoms with van der Waals surface area (Å²) in [6.07, 6.45) is 5.35. The number of amides is 2.